The molecule has 21 heavy (non-hydrogen) atoms. The van der Waals surface area contributed by atoms with Crippen LogP contribution in [0.15, 0.2) is 12.3 Å². The van der Waals surface area contributed by atoms with Crippen molar-refractivity contribution in [2.45, 2.75) is 18.1 Å². The van der Waals surface area contributed by atoms with Gasteiger partial charge < -0.3 is 9.72 Å². The fourth-order valence-electron chi connectivity index (χ4n) is 2.65. The Balaban J connectivity index is 2.12. The van der Waals surface area contributed by atoms with Crippen molar-refractivity contribution in [2.24, 2.45) is 0 Å². The number of rotatable bonds is 3. The van der Waals surface area contributed by atoms with E-state index in [4.69, 9.17) is 27.9 Å². The summed E-state index contributed by atoms with van der Waals surface area (Å²) in [6.45, 7) is 0.394. The number of ether oxygens (including phenoxy) is 1. The van der Waals surface area contributed by atoms with Gasteiger partial charge in [0.2, 0.25) is 10.0 Å². The smallest absolute Gasteiger partial charge is 0.236 e. The van der Waals surface area contributed by atoms with Crippen molar-refractivity contribution >= 4 is 49.8 Å². The fraction of sp³-hybridized carbons (Fsp3) is 0.385. The third-order valence-corrected chi connectivity index (χ3v) is 6.08. The zero-order valence-corrected chi connectivity index (χ0v) is 13.6. The maximum absolute atomic E-state index is 12.3. The molecule has 0 saturated heterocycles. The maximum atomic E-state index is 12.3. The molecule has 0 amide bonds. The molecule has 1 aromatic heterocycles. The van der Waals surface area contributed by atoms with Crippen LogP contribution >= 0.6 is 23.2 Å². The summed E-state index contributed by atoms with van der Waals surface area (Å²) >= 11 is 12.3. The second kappa shape index (κ2) is 5.35. The first-order chi connectivity index (χ1) is 9.94. The van der Waals surface area contributed by atoms with Crippen LogP contribution in [-0.4, -0.2) is 32.4 Å². The number of fused-ring (bicyclic) bond motifs is 3. The largest absolute Gasteiger partial charge is 0.385 e. The quantitative estimate of drug-likeness (QED) is 0.894. The molecule has 8 heteroatoms. The Morgan fingerprint density at radius 3 is 2.86 bits per heavy atom. The Morgan fingerprint density at radius 2 is 2.14 bits per heavy atom. The van der Waals surface area contributed by atoms with E-state index in [9.17, 15) is 8.42 Å². The summed E-state index contributed by atoms with van der Waals surface area (Å²) in [6.07, 6.45) is 2.44. The van der Waals surface area contributed by atoms with Gasteiger partial charge in [-0.3, -0.25) is 4.72 Å². The van der Waals surface area contributed by atoms with Gasteiger partial charge in [-0.05, 0) is 24.5 Å². The van der Waals surface area contributed by atoms with Crippen molar-refractivity contribution in [2.75, 3.05) is 18.4 Å². The number of nitrogens with one attached hydrogen (secondary N) is 2. The summed E-state index contributed by atoms with van der Waals surface area (Å²) in [5.74, 6) is 0. The van der Waals surface area contributed by atoms with Crippen molar-refractivity contribution < 1.29 is 13.2 Å². The van der Waals surface area contributed by atoms with Crippen LogP contribution < -0.4 is 4.72 Å². The molecule has 5 nitrogen and oxygen atoms in total. The van der Waals surface area contributed by atoms with Gasteiger partial charge in [-0.15, -0.1) is 0 Å². The third kappa shape index (κ3) is 2.50. The Labute approximate surface area is 132 Å². The van der Waals surface area contributed by atoms with Crippen LogP contribution in [0.5, 0.6) is 0 Å². The van der Waals surface area contributed by atoms with Crippen molar-refractivity contribution in [3.63, 3.8) is 0 Å². The number of H-pyrrole nitrogens is 1. The normalized spacial score (nSPS) is 20.2. The Kier molecular flexibility index (Phi) is 3.81. The predicted molar refractivity (Wildman–Crippen MR) is 84.8 cm³/mol. The van der Waals surface area contributed by atoms with Crippen LogP contribution in [0.2, 0.25) is 10.0 Å². The second-order valence-electron chi connectivity index (χ2n) is 5.03. The number of aromatic amines is 1. The standard InChI is InChI=1S/C13H14Cl2N2O3S/c1-20-3-2-8-4-7-5-9(14)11-10(15)6-16-13(11)12(7)17-21(8,18)19/h5-6,8,16-17H,2-4H2,1H3/t8-/m1/s1. The molecule has 0 saturated carbocycles. The average molecular weight is 349 g/mol. The van der Waals surface area contributed by atoms with E-state index in [-0.39, 0.29) is 0 Å². The van der Waals surface area contributed by atoms with E-state index in [1.54, 1.807) is 19.4 Å². The molecule has 2 heterocycles. The lowest BCUT2D eigenvalue weighted by molar-refractivity contribution is 0.193. The van der Waals surface area contributed by atoms with E-state index in [1.807, 2.05) is 0 Å². The molecule has 0 unspecified atom stereocenters. The van der Waals surface area contributed by atoms with Crippen molar-refractivity contribution in [1.82, 2.24) is 4.98 Å². The third-order valence-electron chi connectivity index (χ3n) is 3.72. The lowest BCUT2D eigenvalue weighted by Crippen LogP contribution is -2.35. The highest BCUT2D eigenvalue weighted by molar-refractivity contribution is 7.93. The SMILES string of the molecule is COCC[C@@H]1Cc2cc(Cl)c3c(Cl)c[nH]c3c2NS1(=O)=O. The van der Waals surface area contributed by atoms with Gasteiger partial charge in [0.05, 0.1) is 26.5 Å². The van der Waals surface area contributed by atoms with Gasteiger partial charge in [0.15, 0.2) is 0 Å². The Morgan fingerprint density at radius 1 is 1.38 bits per heavy atom. The number of benzene rings is 1. The topological polar surface area (TPSA) is 71.2 Å². The van der Waals surface area contributed by atoms with E-state index < -0.39 is 15.3 Å². The molecule has 0 aliphatic carbocycles. The molecular formula is C13H14Cl2N2O3S. The van der Waals surface area contributed by atoms with Crippen LogP contribution in [0.4, 0.5) is 5.69 Å². The molecule has 0 fully saturated rings. The zero-order valence-electron chi connectivity index (χ0n) is 11.2. The Hall–Kier alpha value is -0.950. The van der Waals surface area contributed by atoms with Crippen molar-refractivity contribution in [3.05, 3.63) is 27.9 Å². The molecule has 0 radical (unpaired) electrons. The first-order valence-corrected chi connectivity index (χ1v) is 8.73. The summed E-state index contributed by atoms with van der Waals surface area (Å²) in [5.41, 5.74) is 2.02. The molecule has 1 aliphatic heterocycles. The number of halogens is 2. The number of aromatic nitrogens is 1. The van der Waals surface area contributed by atoms with Crippen LogP contribution in [0, 0.1) is 0 Å². The number of methoxy groups -OCH3 is 1. The van der Waals surface area contributed by atoms with E-state index in [2.05, 4.69) is 9.71 Å². The van der Waals surface area contributed by atoms with Crippen molar-refractivity contribution in [1.29, 1.82) is 0 Å². The lowest BCUT2D eigenvalue weighted by Gasteiger charge is -2.26. The second-order valence-corrected chi connectivity index (χ2v) is 7.81. The summed E-state index contributed by atoms with van der Waals surface area (Å²) in [5, 5.41) is 1.10. The monoisotopic (exact) mass is 348 g/mol. The molecule has 3 rings (SSSR count). The highest BCUT2D eigenvalue weighted by Crippen LogP contribution is 2.40. The van der Waals surface area contributed by atoms with Crippen LogP contribution in [-0.2, 0) is 21.2 Å². The summed E-state index contributed by atoms with van der Waals surface area (Å²) in [7, 11) is -1.89. The van der Waals surface area contributed by atoms with E-state index in [0.29, 0.717) is 46.1 Å². The first kappa shape index (κ1) is 15.0. The summed E-state index contributed by atoms with van der Waals surface area (Å²) in [4.78, 5) is 2.98. The molecule has 0 bridgehead atoms. The number of anilines is 1. The molecule has 1 atom stereocenters. The van der Waals surface area contributed by atoms with E-state index in [1.165, 1.54) is 0 Å². The molecule has 1 aliphatic rings. The minimum Gasteiger partial charge on any atom is -0.385 e. The molecule has 114 valence electrons. The molecule has 2 N–H and O–H groups in total. The van der Waals surface area contributed by atoms with Gasteiger partial charge in [-0.2, -0.15) is 0 Å². The number of hydrogen-bond donors (Lipinski definition) is 2. The number of sulfonamides is 1. The van der Waals surface area contributed by atoms with Crippen LogP contribution in [0.25, 0.3) is 10.9 Å². The van der Waals surface area contributed by atoms with Crippen molar-refractivity contribution in [3.8, 4) is 0 Å². The van der Waals surface area contributed by atoms with E-state index in [0.717, 1.165) is 5.56 Å². The van der Waals surface area contributed by atoms with Gasteiger partial charge in [0.25, 0.3) is 0 Å². The average Bonchev–Trinajstić information content (AvgIpc) is 2.80. The maximum Gasteiger partial charge on any atom is 0.236 e. The van der Waals surface area contributed by atoms with Gasteiger partial charge in [0.1, 0.15) is 0 Å². The predicted octanol–water partition coefficient (Wildman–Crippen LogP) is 3.18. The molecule has 2 aromatic rings. The highest BCUT2D eigenvalue weighted by atomic mass is 35.5. The molecule has 1 aromatic carbocycles. The zero-order chi connectivity index (χ0) is 15.2. The lowest BCUT2D eigenvalue weighted by atomic mass is 10.0. The van der Waals surface area contributed by atoms with E-state index >= 15 is 0 Å². The minimum atomic E-state index is -3.44. The highest BCUT2D eigenvalue weighted by Gasteiger charge is 2.33. The Bertz CT molecular complexity index is 801. The molecule has 0 spiro atoms. The molecular weight excluding hydrogens is 335 g/mol. The van der Waals surface area contributed by atoms with Gasteiger partial charge >= 0.3 is 0 Å². The van der Waals surface area contributed by atoms with Crippen LogP contribution in [0.3, 0.4) is 0 Å². The summed E-state index contributed by atoms with van der Waals surface area (Å²) in [6, 6.07) is 1.78. The van der Waals surface area contributed by atoms with Crippen LogP contribution in [0.1, 0.15) is 12.0 Å². The fourth-order valence-corrected chi connectivity index (χ4v) is 4.77. The first-order valence-electron chi connectivity index (χ1n) is 6.42. The summed E-state index contributed by atoms with van der Waals surface area (Å²) < 4.78 is 32.3. The van der Waals surface area contributed by atoms with Gasteiger partial charge in [0, 0.05) is 25.3 Å². The van der Waals surface area contributed by atoms with Gasteiger partial charge in [-0.25, -0.2) is 8.42 Å². The minimum absolute atomic E-state index is 0.394. The van der Waals surface area contributed by atoms with Gasteiger partial charge in [-0.1, -0.05) is 23.2 Å². The number of hydrogen-bond acceptors (Lipinski definition) is 3.